The molecule has 2 N–H and O–H groups in total. The minimum atomic E-state index is -0.407. The highest BCUT2D eigenvalue weighted by molar-refractivity contribution is 6.30. The summed E-state index contributed by atoms with van der Waals surface area (Å²) in [5, 5.41) is 7.50. The number of nitrogens with one attached hydrogen (secondary N) is 2. The van der Waals surface area contributed by atoms with Crippen molar-refractivity contribution in [1.82, 2.24) is 14.6 Å². The summed E-state index contributed by atoms with van der Waals surface area (Å²) in [4.78, 5) is 16.8. The molecule has 1 aliphatic carbocycles. The lowest BCUT2D eigenvalue weighted by molar-refractivity contribution is 0.0602. The Morgan fingerprint density at radius 3 is 2.59 bits per heavy atom. The summed E-state index contributed by atoms with van der Waals surface area (Å²) in [5.74, 6) is 0.462. The maximum atomic E-state index is 12.1. The van der Waals surface area contributed by atoms with E-state index in [0.717, 1.165) is 29.9 Å². The molecule has 142 valence electrons. The number of nitrogens with zero attached hydrogens (tertiary/aromatic N) is 2. The molecule has 3 aromatic rings. The second-order valence-corrected chi connectivity index (χ2v) is 7.42. The van der Waals surface area contributed by atoms with Gasteiger partial charge in [-0.15, -0.1) is 0 Å². The van der Waals surface area contributed by atoms with E-state index in [-0.39, 0.29) is 0 Å². The molecule has 1 aliphatic rings. The van der Waals surface area contributed by atoms with Crippen molar-refractivity contribution in [3.05, 3.63) is 41.0 Å². The van der Waals surface area contributed by atoms with Crippen LogP contribution in [0.5, 0.6) is 0 Å². The highest BCUT2D eigenvalue weighted by atomic mass is 35.5. The van der Waals surface area contributed by atoms with Gasteiger partial charge in [-0.25, -0.2) is 14.3 Å². The first-order chi connectivity index (χ1) is 13.2. The molecule has 0 unspecified atom stereocenters. The number of aromatic amines is 1. The standard InChI is InChI=1S/C20H23ClN4O2/c1-27-20(26)16-12-22-25-18(16)24-17(13-8-10-14(21)11-9-13)19(25)23-15-6-4-2-3-5-7-15/h8-12,15,22-23H,2-7H2,1H3. The Morgan fingerprint density at radius 1 is 1.22 bits per heavy atom. The largest absolute Gasteiger partial charge is 0.465 e. The molecule has 7 heteroatoms. The number of esters is 1. The van der Waals surface area contributed by atoms with Gasteiger partial charge in [0, 0.05) is 22.8 Å². The van der Waals surface area contributed by atoms with Crippen LogP contribution in [0.25, 0.3) is 16.9 Å². The molecule has 1 fully saturated rings. The molecule has 0 amide bonds. The van der Waals surface area contributed by atoms with Crippen molar-refractivity contribution >= 4 is 29.0 Å². The molecule has 0 spiro atoms. The summed E-state index contributed by atoms with van der Waals surface area (Å²) < 4.78 is 6.72. The minimum absolute atomic E-state index is 0.392. The van der Waals surface area contributed by atoms with Crippen molar-refractivity contribution in [3.63, 3.8) is 0 Å². The van der Waals surface area contributed by atoms with Gasteiger partial charge in [-0.05, 0) is 25.0 Å². The van der Waals surface area contributed by atoms with Crippen LogP contribution in [0.3, 0.4) is 0 Å². The van der Waals surface area contributed by atoms with E-state index in [1.165, 1.54) is 32.8 Å². The van der Waals surface area contributed by atoms with E-state index >= 15 is 0 Å². The molecule has 2 aromatic heterocycles. The quantitative estimate of drug-likeness (QED) is 0.494. The fourth-order valence-corrected chi connectivity index (χ4v) is 3.87. The summed E-state index contributed by atoms with van der Waals surface area (Å²) in [6.45, 7) is 0. The number of H-pyrrole nitrogens is 1. The van der Waals surface area contributed by atoms with E-state index in [4.69, 9.17) is 21.3 Å². The van der Waals surface area contributed by atoms with Gasteiger partial charge in [0.25, 0.3) is 0 Å². The van der Waals surface area contributed by atoms with Crippen LogP contribution in [0.4, 0.5) is 5.82 Å². The van der Waals surface area contributed by atoms with Crippen molar-refractivity contribution in [2.75, 3.05) is 12.4 Å². The van der Waals surface area contributed by atoms with Crippen LogP contribution in [0.15, 0.2) is 30.5 Å². The van der Waals surface area contributed by atoms with Crippen LogP contribution in [-0.4, -0.2) is 33.7 Å². The fourth-order valence-electron chi connectivity index (χ4n) is 3.74. The zero-order chi connectivity index (χ0) is 18.8. The number of fused-ring (bicyclic) bond motifs is 1. The number of carbonyl (C=O) groups is 1. The van der Waals surface area contributed by atoms with Gasteiger partial charge in [0.2, 0.25) is 0 Å². The third-order valence-electron chi connectivity index (χ3n) is 5.18. The molecule has 27 heavy (non-hydrogen) atoms. The summed E-state index contributed by atoms with van der Waals surface area (Å²) in [6, 6.07) is 7.98. The van der Waals surface area contributed by atoms with E-state index < -0.39 is 5.97 Å². The number of carbonyl (C=O) groups excluding carboxylic acids is 1. The van der Waals surface area contributed by atoms with Gasteiger partial charge >= 0.3 is 5.97 Å². The Bertz CT molecular complexity index is 937. The first-order valence-electron chi connectivity index (χ1n) is 9.38. The topological polar surface area (TPSA) is 71.4 Å². The predicted octanol–water partition coefficient (Wildman–Crippen LogP) is 4.90. The van der Waals surface area contributed by atoms with Crippen molar-refractivity contribution in [1.29, 1.82) is 0 Å². The SMILES string of the molecule is COC(=O)c1c[nH]n2c(NC3CCCCCC3)c(-c3ccc(Cl)cc3)nc12. The minimum Gasteiger partial charge on any atom is -0.465 e. The Hall–Kier alpha value is -2.47. The van der Waals surface area contributed by atoms with E-state index in [2.05, 4.69) is 10.4 Å². The van der Waals surface area contributed by atoms with E-state index in [1.807, 2.05) is 28.8 Å². The first-order valence-corrected chi connectivity index (χ1v) is 9.76. The van der Waals surface area contributed by atoms with Crippen LogP contribution in [0.1, 0.15) is 48.9 Å². The Kier molecular flexibility index (Phi) is 5.07. The number of rotatable bonds is 4. The average Bonchev–Trinajstić information content (AvgIpc) is 3.13. The first kappa shape index (κ1) is 17.9. The lowest BCUT2D eigenvalue weighted by atomic mass is 10.1. The van der Waals surface area contributed by atoms with Gasteiger partial charge in [-0.3, -0.25) is 5.10 Å². The molecule has 6 nitrogen and oxygen atoms in total. The van der Waals surface area contributed by atoms with Gasteiger partial charge < -0.3 is 10.1 Å². The second kappa shape index (κ2) is 7.64. The highest BCUT2D eigenvalue weighted by Crippen LogP contribution is 2.32. The van der Waals surface area contributed by atoms with Crippen molar-refractivity contribution < 1.29 is 9.53 Å². The van der Waals surface area contributed by atoms with Gasteiger partial charge in [0.15, 0.2) is 11.5 Å². The molecule has 0 aliphatic heterocycles. The smallest absolute Gasteiger partial charge is 0.343 e. The summed E-state index contributed by atoms with van der Waals surface area (Å²) in [5.41, 5.74) is 2.72. The lowest BCUT2D eigenvalue weighted by Gasteiger charge is -2.18. The molecule has 0 atom stereocenters. The predicted molar refractivity (Wildman–Crippen MR) is 106 cm³/mol. The maximum absolute atomic E-state index is 12.1. The molecular formula is C20H23ClN4O2. The fraction of sp³-hybridized carbons (Fsp3) is 0.400. The molecule has 0 bridgehead atoms. The van der Waals surface area contributed by atoms with Gasteiger partial charge in [0.05, 0.1) is 7.11 Å². The summed E-state index contributed by atoms with van der Waals surface area (Å²) >= 11 is 6.05. The summed E-state index contributed by atoms with van der Waals surface area (Å²) in [6.07, 6.45) is 8.95. The number of imidazole rings is 1. The number of aromatic nitrogens is 3. The van der Waals surface area contributed by atoms with Crippen LogP contribution in [-0.2, 0) is 4.74 Å². The number of ether oxygens (including phenoxy) is 1. The highest BCUT2D eigenvalue weighted by Gasteiger charge is 2.23. The normalized spacial score (nSPS) is 15.6. The number of hydrogen-bond acceptors (Lipinski definition) is 4. The molecule has 0 radical (unpaired) electrons. The Morgan fingerprint density at radius 2 is 1.93 bits per heavy atom. The Balaban J connectivity index is 1.80. The second-order valence-electron chi connectivity index (χ2n) is 6.99. The van der Waals surface area contributed by atoms with Crippen LogP contribution >= 0.6 is 11.6 Å². The maximum Gasteiger partial charge on any atom is 0.343 e. The number of anilines is 1. The van der Waals surface area contributed by atoms with Gasteiger partial charge in [-0.2, -0.15) is 0 Å². The number of methoxy groups -OCH3 is 1. The monoisotopic (exact) mass is 386 g/mol. The lowest BCUT2D eigenvalue weighted by Crippen LogP contribution is -2.20. The van der Waals surface area contributed by atoms with Crippen LogP contribution in [0, 0.1) is 0 Å². The van der Waals surface area contributed by atoms with Crippen molar-refractivity contribution in [3.8, 4) is 11.3 Å². The third kappa shape index (κ3) is 3.54. The van der Waals surface area contributed by atoms with Gasteiger partial charge in [-0.1, -0.05) is 49.4 Å². The van der Waals surface area contributed by atoms with E-state index in [0.29, 0.717) is 22.3 Å². The average molecular weight is 387 g/mol. The third-order valence-corrected chi connectivity index (χ3v) is 5.43. The van der Waals surface area contributed by atoms with Crippen LogP contribution in [0.2, 0.25) is 5.02 Å². The number of benzene rings is 1. The zero-order valence-corrected chi connectivity index (χ0v) is 16.1. The number of halogens is 1. The molecule has 0 saturated heterocycles. The summed E-state index contributed by atoms with van der Waals surface area (Å²) in [7, 11) is 1.37. The number of hydrogen-bond donors (Lipinski definition) is 2. The molecule has 1 aromatic carbocycles. The molecular weight excluding hydrogens is 364 g/mol. The van der Waals surface area contributed by atoms with E-state index in [9.17, 15) is 4.79 Å². The van der Waals surface area contributed by atoms with Crippen molar-refractivity contribution in [2.45, 2.75) is 44.6 Å². The molecule has 4 rings (SSSR count). The van der Waals surface area contributed by atoms with Crippen LogP contribution < -0.4 is 5.32 Å². The zero-order valence-electron chi connectivity index (χ0n) is 15.3. The van der Waals surface area contributed by atoms with E-state index in [1.54, 1.807) is 6.20 Å². The Labute approximate surface area is 162 Å². The molecule has 1 saturated carbocycles. The van der Waals surface area contributed by atoms with Crippen molar-refractivity contribution in [2.24, 2.45) is 0 Å². The van der Waals surface area contributed by atoms with Gasteiger partial charge in [0.1, 0.15) is 11.3 Å². The molecule has 2 heterocycles.